The van der Waals surface area contributed by atoms with E-state index in [9.17, 15) is 4.79 Å². The summed E-state index contributed by atoms with van der Waals surface area (Å²) in [4.78, 5) is 20.9. The van der Waals surface area contributed by atoms with Crippen LogP contribution in [0, 0.1) is 11.3 Å². The zero-order valence-electron chi connectivity index (χ0n) is 13.4. The summed E-state index contributed by atoms with van der Waals surface area (Å²) >= 11 is 0. The van der Waals surface area contributed by atoms with E-state index in [-0.39, 0.29) is 5.91 Å². The first kappa shape index (κ1) is 16.0. The third-order valence-electron chi connectivity index (χ3n) is 4.03. The maximum Gasteiger partial charge on any atom is 0.238 e. The Bertz CT molecular complexity index is 733. The molecule has 0 radical (unpaired) electrons. The molecule has 0 spiro atoms. The Morgan fingerprint density at radius 2 is 1.88 bits per heavy atom. The molecule has 1 aromatic heterocycles. The SMILES string of the molecule is N#Cc1ccccc1NC(=O)CN1CCN(c2ccccn2)CC1. The van der Waals surface area contributed by atoms with Gasteiger partial charge in [-0.3, -0.25) is 9.69 Å². The Hall–Kier alpha value is -2.91. The number of benzene rings is 1. The molecule has 6 nitrogen and oxygen atoms in total. The van der Waals surface area contributed by atoms with E-state index in [1.807, 2.05) is 24.3 Å². The van der Waals surface area contributed by atoms with Gasteiger partial charge in [0.2, 0.25) is 5.91 Å². The predicted molar refractivity (Wildman–Crippen MR) is 92.7 cm³/mol. The van der Waals surface area contributed by atoms with Crippen LogP contribution in [0.5, 0.6) is 0 Å². The molecule has 0 saturated carbocycles. The van der Waals surface area contributed by atoms with Crippen LogP contribution in [-0.4, -0.2) is 48.5 Å². The molecular weight excluding hydrogens is 302 g/mol. The summed E-state index contributed by atoms with van der Waals surface area (Å²) in [6, 6.07) is 15.0. The number of nitriles is 1. The minimum atomic E-state index is -0.0935. The Kier molecular flexibility index (Phi) is 5.04. The Balaban J connectivity index is 1.51. The van der Waals surface area contributed by atoms with Crippen molar-refractivity contribution in [3.05, 3.63) is 54.2 Å². The van der Waals surface area contributed by atoms with E-state index in [0.717, 1.165) is 32.0 Å². The highest BCUT2D eigenvalue weighted by Gasteiger charge is 2.20. The van der Waals surface area contributed by atoms with Crippen LogP contribution in [0.4, 0.5) is 11.5 Å². The minimum Gasteiger partial charge on any atom is -0.354 e. The van der Waals surface area contributed by atoms with Crippen molar-refractivity contribution in [2.75, 3.05) is 42.9 Å². The third kappa shape index (κ3) is 3.89. The fraction of sp³-hybridized carbons (Fsp3) is 0.278. The summed E-state index contributed by atoms with van der Waals surface area (Å²) in [5, 5.41) is 11.9. The number of carbonyl (C=O) groups excluding carboxylic acids is 1. The molecule has 0 atom stereocenters. The number of amides is 1. The van der Waals surface area contributed by atoms with Gasteiger partial charge in [-0.15, -0.1) is 0 Å². The molecule has 1 aromatic carbocycles. The van der Waals surface area contributed by atoms with Crippen molar-refractivity contribution in [1.82, 2.24) is 9.88 Å². The molecule has 0 aliphatic carbocycles. The van der Waals surface area contributed by atoms with Gasteiger partial charge in [-0.25, -0.2) is 4.98 Å². The molecule has 1 saturated heterocycles. The van der Waals surface area contributed by atoms with E-state index >= 15 is 0 Å². The van der Waals surface area contributed by atoms with Gasteiger partial charge in [0.05, 0.1) is 17.8 Å². The van der Waals surface area contributed by atoms with E-state index in [1.165, 1.54) is 0 Å². The summed E-state index contributed by atoms with van der Waals surface area (Å²) in [6.07, 6.45) is 1.79. The summed E-state index contributed by atoms with van der Waals surface area (Å²) in [5.41, 5.74) is 1.04. The Morgan fingerprint density at radius 3 is 2.58 bits per heavy atom. The number of aromatic nitrogens is 1. The number of piperazine rings is 1. The quantitative estimate of drug-likeness (QED) is 0.928. The first-order valence-electron chi connectivity index (χ1n) is 7.93. The van der Waals surface area contributed by atoms with Gasteiger partial charge in [-0.05, 0) is 24.3 Å². The van der Waals surface area contributed by atoms with Gasteiger partial charge >= 0.3 is 0 Å². The molecule has 1 aliphatic rings. The molecule has 6 heteroatoms. The lowest BCUT2D eigenvalue weighted by Gasteiger charge is -2.34. The molecule has 1 amide bonds. The van der Waals surface area contributed by atoms with Crippen LogP contribution in [0.15, 0.2) is 48.7 Å². The zero-order valence-corrected chi connectivity index (χ0v) is 13.4. The fourth-order valence-corrected chi connectivity index (χ4v) is 2.76. The molecule has 1 fully saturated rings. The van der Waals surface area contributed by atoms with Crippen molar-refractivity contribution in [3.8, 4) is 6.07 Å². The van der Waals surface area contributed by atoms with E-state index in [1.54, 1.807) is 24.4 Å². The van der Waals surface area contributed by atoms with Gasteiger partial charge in [0, 0.05) is 32.4 Å². The molecule has 2 heterocycles. The van der Waals surface area contributed by atoms with Gasteiger partial charge in [0.25, 0.3) is 0 Å². The van der Waals surface area contributed by atoms with Gasteiger partial charge in [-0.1, -0.05) is 18.2 Å². The molecule has 122 valence electrons. The lowest BCUT2D eigenvalue weighted by molar-refractivity contribution is -0.117. The number of carbonyl (C=O) groups is 1. The molecule has 0 unspecified atom stereocenters. The van der Waals surface area contributed by atoms with E-state index in [2.05, 4.69) is 26.2 Å². The van der Waals surface area contributed by atoms with Crippen molar-refractivity contribution in [2.24, 2.45) is 0 Å². The number of para-hydroxylation sites is 1. The highest BCUT2D eigenvalue weighted by Crippen LogP contribution is 2.15. The van der Waals surface area contributed by atoms with Crippen LogP contribution >= 0.6 is 0 Å². The summed E-state index contributed by atoms with van der Waals surface area (Å²) in [6.45, 7) is 3.64. The van der Waals surface area contributed by atoms with Crippen molar-refractivity contribution in [2.45, 2.75) is 0 Å². The first-order chi connectivity index (χ1) is 11.8. The normalized spacial score (nSPS) is 14.9. The summed E-state index contributed by atoms with van der Waals surface area (Å²) < 4.78 is 0. The molecular formula is C18H19N5O. The van der Waals surface area contributed by atoms with Crippen molar-refractivity contribution < 1.29 is 4.79 Å². The van der Waals surface area contributed by atoms with Gasteiger partial charge in [0.1, 0.15) is 11.9 Å². The highest BCUT2D eigenvalue weighted by molar-refractivity contribution is 5.93. The van der Waals surface area contributed by atoms with Crippen LogP contribution < -0.4 is 10.2 Å². The van der Waals surface area contributed by atoms with Crippen molar-refractivity contribution >= 4 is 17.4 Å². The van der Waals surface area contributed by atoms with Crippen LogP contribution in [0.1, 0.15) is 5.56 Å². The largest absolute Gasteiger partial charge is 0.354 e. The van der Waals surface area contributed by atoms with Crippen LogP contribution in [-0.2, 0) is 4.79 Å². The van der Waals surface area contributed by atoms with Crippen LogP contribution in [0.25, 0.3) is 0 Å². The Morgan fingerprint density at radius 1 is 1.12 bits per heavy atom. The number of nitrogens with zero attached hydrogens (tertiary/aromatic N) is 4. The van der Waals surface area contributed by atoms with Gasteiger partial charge in [0.15, 0.2) is 0 Å². The predicted octanol–water partition coefficient (Wildman–Crippen LogP) is 1.71. The van der Waals surface area contributed by atoms with Crippen LogP contribution in [0.2, 0.25) is 0 Å². The molecule has 1 N–H and O–H groups in total. The maximum atomic E-state index is 12.2. The van der Waals surface area contributed by atoms with E-state index < -0.39 is 0 Å². The molecule has 2 aromatic rings. The second-order valence-electron chi connectivity index (χ2n) is 5.66. The molecule has 0 bridgehead atoms. The smallest absolute Gasteiger partial charge is 0.238 e. The van der Waals surface area contributed by atoms with Gasteiger partial charge in [-0.2, -0.15) is 5.26 Å². The minimum absolute atomic E-state index is 0.0935. The second-order valence-corrected chi connectivity index (χ2v) is 5.66. The molecule has 1 aliphatic heterocycles. The number of rotatable bonds is 4. The molecule has 3 rings (SSSR count). The lowest BCUT2D eigenvalue weighted by Crippen LogP contribution is -2.48. The first-order valence-corrected chi connectivity index (χ1v) is 7.93. The third-order valence-corrected chi connectivity index (χ3v) is 4.03. The summed E-state index contributed by atoms with van der Waals surface area (Å²) in [5.74, 6) is 0.883. The number of anilines is 2. The highest BCUT2D eigenvalue weighted by atomic mass is 16.2. The standard InChI is InChI=1S/C18H19N5O/c19-13-15-5-1-2-6-16(15)21-18(24)14-22-9-11-23(12-10-22)17-7-3-4-8-20-17/h1-8H,9-12,14H2,(H,21,24). The Labute approximate surface area is 141 Å². The van der Waals surface area contributed by atoms with Gasteiger partial charge < -0.3 is 10.2 Å². The summed E-state index contributed by atoms with van der Waals surface area (Å²) in [7, 11) is 0. The van der Waals surface area contributed by atoms with Crippen molar-refractivity contribution in [3.63, 3.8) is 0 Å². The topological polar surface area (TPSA) is 72.3 Å². The number of hydrogen-bond donors (Lipinski definition) is 1. The number of hydrogen-bond acceptors (Lipinski definition) is 5. The van der Waals surface area contributed by atoms with Crippen LogP contribution in [0.3, 0.4) is 0 Å². The average molecular weight is 321 g/mol. The molecule has 24 heavy (non-hydrogen) atoms. The van der Waals surface area contributed by atoms with Crippen molar-refractivity contribution in [1.29, 1.82) is 5.26 Å². The zero-order chi connectivity index (χ0) is 16.8. The number of nitrogens with one attached hydrogen (secondary N) is 1. The second kappa shape index (κ2) is 7.57. The monoisotopic (exact) mass is 321 g/mol. The average Bonchev–Trinajstić information content (AvgIpc) is 2.63. The number of pyridine rings is 1. The maximum absolute atomic E-state index is 12.2. The van der Waals surface area contributed by atoms with E-state index in [0.29, 0.717) is 17.8 Å². The van der Waals surface area contributed by atoms with E-state index in [4.69, 9.17) is 5.26 Å². The lowest BCUT2D eigenvalue weighted by atomic mass is 10.2. The fourth-order valence-electron chi connectivity index (χ4n) is 2.76.